The van der Waals surface area contributed by atoms with Crippen molar-refractivity contribution in [3.63, 3.8) is 0 Å². The van der Waals surface area contributed by atoms with Gasteiger partial charge in [-0.3, -0.25) is 4.79 Å². The monoisotopic (exact) mass is 271 g/mol. The summed E-state index contributed by atoms with van der Waals surface area (Å²) in [4.78, 5) is 11.6. The largest absolute Gasteiger partial charge is 0.355 e. The smallest absolute Gasteiger partial charge is 0.252 e. The Labute approximate surface area is 117 Å². The number of halogens is 1. The fraction of sp³-hybridized carbons (Fsp3) is 0.0625. The third kappa shape index (κ3) is 3.46. The minimum Gasteiger partial charge on any atom is -0.355 e. The second-order valence-electron chi connectivity index (χ2n) is 4.06. The van der Waals surface area contributed by atoms with Crippen LogP contribution in [0, 0.1) is 0 Å². The zero-order valence-corrected chi connectivity index (χ0v) is 11.3. The predicted octanol–water partition coefficient (Wildman–Crippen LogP) is 3.87. The van der Waals surface area contributed by atoms with Gasteiger partial charge in [-0.25, -0.2) is 0 Å². The average Bonchev–Trinajstić information content (AvgIpc) is 2.46. The Morgan fingerprint density at radius 1 is 1.05 bits per heavy atom. The molecule has 0 saturated heterocycles. The normalized spacial score (nSPS) is 10.6. The van der Waals surface area contributed by atoms with Gasteiger partial charge in [0.15, 0.2) is 0 Å². The molecule has 0 spiro atoms. The molecule has 1 N–H and O–H groups in total. The van der Waals surface area contributed by atoms with E-state index >= 15 is 0 Å². The second kappa shape index (κ2) is 6.21. The van der Waals surface area contributed by atoms with E-state index < -0.39 is 0 Å². The van der Waals surface area contributed by atoms with E-state index in [1.165, 1.54) is 0 Å². The first kappa shape index (κ1) is 13.4. The van der Waals surface area contributed by atoms with E-state index in [2.05, 4.69) is 5.32 Å². The molecule has 2 rings (SSSR count). The molecule has 0 aliphatic carbocycles. The highest BCUT2D eigenvalue weighted by atomic mass is 35.5. The van der Waals surface area contributed by atoms with Crippen LogP contribution in [0.15, 0.2) is 48.5 Å². The molecule has 0 aliphatic heterocycles. The molecular weight excluding hydrogens is 258 g/mol. The molecule has 2 aromatic carbocycles. The Morgan fingerprint density at radius 2 is 1.74 bits per heavy atom. The number of hydrogen-bond donors (Lipinski definition) is 1. The predicted molar refractivity (Wildman–Crippen MR) is 80.2 cm³/mol. The Kier molecular flexibility index (Phi) is 4.37. The van der Waals surface area contributed by atoms with Gasteiger partial charge in [0.1, 0.15) is 0 Å². The molecule has 2 nitrogen and oxygen atoms in total. The van der Waals surface area contributed by atoms with Crippen LogP contribution in [0.25, 0.3) is 12.2 Å². The molecule has 2 aromatic rings. The van der Waals surface area contributed by atoms with Crippen molar-refractivity contribution in [1.29, 1.82) is 0 Å². The Bertz CT molecular complexity index is 605. The zero-order chi connectivity index (χ0) is 13.7. The number of rotatable bonds is 3. The number of carbonyl (C=O) groups is 1. The summed E-state index contributed by atoms with van der Waals surface area (Å²) in [5.74, 6) is -0.181. The average molecular weight is 272 g/mol. The van der Waals surface area contributed by atoms with Crippen molar-refractivity contribution in [2.45, 2.75) is 0 Å². The lowest BCUT2D eigenvalue weighted by Crippen LogP contribution is -2.18. The van der Waals surface area contributed by atoms with Gasteiger partial charge >= 0.3 is 0 Å². The molecule has 0 atom stereocenters. The number of amides is 1. The van der Waals surface area contributed by atoms with Crippen LogP contribution in [0.3, 0.4) is 0 Å². The van der Waals surface area contributed by atoms with E-state index in [0.29, 0.717) is 10.6 Å². The molecular formula is C16H14ClNO. The SMILES string of the molecule is CNC(=O)c1cc(/C=C/c2ccccc2)ccc1Cl. The van der Waals surface area contributed by atoms with E-state index in [0.717, 1.165) is 11.1 Å². The van der Waals surface area contributed by atoms with Crippen LogP contribution in [0.5, 0.6) is 0 Å². The molecule has 3 heteroatoms. The fourth-order valence-electron chi connectivity index (χ4n) is 1.71. The van der Waals surface area contributed by atoms with Crippen molar-refractivity contribution in [2.24, 2.45) is 0 Å². The van der Waals surface area contributed by atoms with Crippen LogP contribution >= 0.6 is 11.6 Å². The van der Waals surface area contributed by atoms with Gasteiger partial charge in [0.05, 0.1) is 10.6 Å². The molecule has 0 radical (unpaired) electrons. The molecule has 96 valence electrons. The Morgan fingerprint density at radius 3 is 2.42 bits per heavy atom. The summed E-state index contributed by atoms with van der Waals surface area (Å²) in [5.41, 5.74) is 2.53. The van der Waals surface area contributed by atoms with Crippen LogP contribution in [-0.2, 0) is 0 Å². The van der Waals surface area contributed by atoms with Gasteiger partial charge in [-0.05, 0) is 23.3 Å². The minimum absolute atomic E-state index is 0.181. The van der Waals surface area contributed by atoms with Crippen molar-refractivity contribution < 1.29 is 4.79 Å². The van der Waals surface area contributed by atoms with Gasteiger partial charge in [0.25, 0.3) is 5.91 Å². The highest BCUT2D eigenvalue weighted by Crippen LogP contribution is 2.19. The van der Waals surface area contributed by atoms with Crippen LogP contribution in [0.2, 0.25) is 5.02 Å². The Hall–Kier alpha value is -2.06. The highest BCUT2D eigenvalue weighted by molar-refractivity contribution is 6.33. The summed E-state index contributed by atoms with van der Waals surface area (Å²) >= 11 is 6.00. The fourth-order valence-corrected chi connectivity index (χ4v) is 1.92. The first-order valence-corrected chi connectivity index (χ1v) is 6.33. The van der Waals surface area contributed by atoms with Crippen molar-refractivity contribution >= 4 is 29.7 Å². The summed E-state index contributed by atoms with van der Waals surface area (Å²) in [7, 11) is 1.59. The second-order valence-corrected chi connectivity index (χ2v) is 4.47. The number of benzene rings is 2. The molecule has 0 heterocycles. The van der Waals surface area contributed by atoms with Crippen LogP contribution in [0.4, 0.5) is 0 Å². The maximum absolute atomic E-state index is 11.6. The van der Waals surface area contributed by atoms with Gasteiger partial charge in [-0.15, -0.1) is 0 Å². The molecule has 0 aromatic heterocycles. The lowest BCUT2D eigenvalue weighted by atomic mass is 10.1. The van der Waals surface area contributed by atoms with Gasteiger partial charge in [-0.2, -0.15) is 0 Å². The number of hydrogen-bond acceptors (Lipinski definition) is 1. The van der Waals surface area contributed by atoms with Crippen molar-refractivity contribution in [3.05, 3.63) is 70.2 Å². The maximum Gasteiger partial charge on any atom is 0.252 e. The molecule has 0 fully saturated rings. The van der Waals surface area contributed by atoms with Crippen LogP contribution in [-0.4, -0.2) is 13.0 Å². The maximum atomic E-state index is 11.6. The quantitative estimate of drug-likeness (QED) is 0.844. The van der Waals surface area contributed by atoms with Gasteiger partial charge in [0.2, 0.25) is 0 Å². The summed E-state index contributed by atoms with van der Waals surface area (Å²) in [5, 5.41) is 3.03. The number of carbonyl (C=O) groups excluding carboxylic acids is 1. The van der Waals surface area contributed by atoms with Crippen LogP contribution < -0.4 is 5.32 Å². The van der Waals surface area contributed by atoms with Gasteiger partial charge in [-0.1, -0.05) is 60.2 Å². The van der Waals surface area contributed by atoms with Crippen molar-refractivity contribution in [1.82, 2.24) is 5.32 Å². The van der Waals surface area contributed by atoms with Crippen molar-refractivity contribution in [3.8, 4) is 0 Å². The van der Waals surface area contributed by atoms with Gasteiger partial charge < -0.3 is 5.32 Å². The third-order valence-electron chi connectivity index (χ3n) is 2.73. The highest BCUT2D eigenvalue weighted by Gasteiger charge is 2.08. The summed E-state index contributed by atoms with van der Waals surface area (Å²) in [6, 6.07) is 15.4. The van der Waals surface area contributed by atoms with E-state index in [1.54, 1.807) is 19.2 Å². The lowest BCUT2D eigenvalue weighted by Gasteiger charge is -2.04. The molecule has 19 heavy (non-hydrogen) atoms. The summed E-state index contributed by atoms with van der Waals surface area (Å²) in [6.45, 7) is 0. The van der Waals surface area contributed by atoms with E-state index in [9.17, 15) is 4.79 Å². The third-order valence-corrected chi connectivity index (χ3v) is 3.06. The van der Waals surface area contributed by atoms with Crippen molar-refractivity contribution in [2.75, 3.05) is 7.05 Å². The van der Waals surface area contributed by atoms with E-state index in [-0.39, 0.29) is 5.91 Å². The first-order valence-electron chi connectivity index (χ1n) is 5.95. The topological polar surface area (TPSA) is 29.1 Å². The standard InChI is InChI=1S/C16H14ClNO/c1-18-16(19)14-11-13(9-10-15(14)17)8-7-12-5-3-2-4-6-12/h2-11H,1H3,(H,18,19)/b8-7+. The summed E-state index contributed by atoms with van der Waals surface area (Å²) in [6.07, 6.45) is 3.95. The molecule has 0 bridgehead atoms. The zero-order valence-electron chi connectivity index (χ0n) is 10.6. The van der Waals surface area contributed by atoms with Crippen LogP contribution in [0.1, 0.15) is 21.5 Å². The lowest BCUT2D eigenvalue weighted by molar-refractivity contribution is 0.0963. The number of nitrogens with one attached hydrogen (secondary N) is 1. The minimum atomic E-state index is -0.181. The van der Waals surface area contributed by atoms with Gasteiger partial charge in [0, 0.05) is 7.05 Å². The molecule has 0 aliphatic rings. The molecule has 1 amide bonds. The Balaban J connectivity index is 2.27. The first-order chi connectivity index (χ1) is 9.20. The molecule has 0 saturated carbocycles. The molecule has 0 unspecified atom stereocenters. The van der Waals surface area contributed by atoms with E-state index in [4.69, 9.17) is 11.6 Å². The summed E-state index contributed by atoms with van der Waals surface area (Å²) < 4.78 is 0. The van der Waals surface area contributed by atoms with E-state index in [1.807, 2.05) is 48.6 Å².